The molecule has 0 radical (unpaired) electrons. The fraction of sp³-hybridized carbons (Fsp3) is 0.261. The third-order valence-corrected chi connectivity index (χ3v) is 3.54. The van der Waals surface area contributed by atoms with Crippen LogP contribution in [0.4, 0.5) is 0 Å². The van der Waals surface area contributed by atoms with Gasteiger partial charge in [0.05, 0.1) is 0 Å². The first kappa shape index (κ1) is 22.8. The van der Waals surface area contributed by atoms with Gasteiger partial charge in [-0.2, -0.15) is 0 Å². The highest BCUT2D eigenvalue weighted by atomic mass is 16.4. The maximum Gasteiger partial charge on any atom is 0.297 e. The molecule has 0 aliphatic rings. The van der Waals surface area contributed by atoms with E-state index in [0.717, 1.165) is 28.8 Å². The molecule has 0 aliphatic heterocycles. The molecule has 0 saturated heterocycles. The van der Waals surface area contributed by atoms with Gasteiger partial charge in [0.15, 0.2) is 5.76 Å². The predicted octanol–water partition coefficient (Wildman–Crippen LogP) is 6.51. The second kappa shape index (κ2) is 10.8. The van der Waals surface area contributed by atoms with E-state index in [1.165, 1.54) is 4.57 Å². The van der Waals surface area contributed by atoms with E-state index in [0.29, 0.717) is 5.76 Å². The van der Waals surface area contributed by atoms with E-state index in [1.807, 2.05) is 58.9 Å². The molecule has 0 aliphatic carbocycles. The van der Waals surface area contributed by atoms with Gasteiger partial charge >= 0.3 is 0 Å². The minimum Gasteiger partial charge on any atom is -0.467 e. The SMILES string of the molecule is C.Cc1ccc(C(=O)n2cccc2)o1.Cc1ccc(C)o1.Cc1ccc(C)o1. The summed E-state index contributed by atoms with van der Waals surface area (Å²) < 4.78 is 16.8. The molecule has 5 heteroatoms. The van der Waals surface area contributed by atoms with Crippen LogP contribution in [0.25, 0.3) is 0 Å². The van der Waals surface area contributed by atoms with Gasteiger partial charge in [-0.05, 0) is 83.1 Å². The average molecular weight is 383 g/mol. The van der Waals surface area contributed by atoms with Gasteiger partial charge in [0.25, 0.3) is 5.91 Å². The van der Waals surface area contributed by atoms with Crippen LogP contribution in [0, 0.1) is 34.6 Å². The molecule has 0 saturated carbocycles. The zero-order chi connectivity index (χ0) is 19.8. The fourth-order valence-corrected chi connectivity index (χ4v) is 2.26. The fourth-order valence-electron chi connectivity index (χ4n) is 2.26. The van der Waals surface area contributed by atoms with E-state index >= 15 is 0 Å². The van der Waals surface area contributed by atoms with Crippen LogP contribution in [0.5, 0.6) is 0 Å². The van der Waals surface area contributed by atoms with Crippen molar-refractivity contribution in [2.24, 2.45) is 0 Å². The molecule has 4 rings (SSSR count). The lowest BCUT2D eigenvalue weighted by Gasteiger charge is -1.96. The molecule has 0 atom stereocenters. The normalized spacial score (nSPS) is 9.46. The Morgan fingerprint density at radius 2 is 1.00 bits per heavy atom. The van der Waals surface area contributed by atoms with E-state index in [-0.39, 0.29) is 13.3 Å². The summed E-state index contributed by atoms with van der Waals surface area (Å²) in [5, 5.41) is 0. The van der Waals surface area contributed by atoms with E-state index in [9.17, 15) is 4.79 Å². The van der Waals surface area contributed by atoms with Crippen molar-refractivity contribution in [1.82, 2.24) is 4.57 Å². The summed E-state index contributed by atoms with van der Waals surface area (Å²) >= 11 is 0. The monoisotopic (exact) mass is 383 g/mol. The van der Waals surface area contributed by atoms with Gasteiger partial charge < -0.3 is 13.3 Å². The van der Waals surface area contributed by atoms with E-state index < -0.39 is 0 Å². The summed E-state index contributed by atoms with van der Waals surface area (Å²) in [7, 11) is 0. The molecular weight excluding hydrogens is 354 g/mol. The molecule has 0 bridgehead atoms. The Balaban J connectivity index is 0.000000224. The highest BCUT2D eigenvalue weighted by molar-refractivity contribution is 5.93. The van der Waals surface area contributed by atoms with Crippen LogP contribution in [0.2, 0.25) is 0 Å². The van der Waals surface area contributed by atoms with Crippen LogP contribution < -0.4 is 0 Å². The zero-order valence-corrected chi connectivity index (χ0v) is 16.4. The number of rotatable bonds is 1. The molecule has 4 aromatic heterocycles. The molecular formula is C23H29NO4. The van der Waals surface area contributed by atoms with Gasteiger partial charge in [0.2, 0.25) is 0 Å². The highest BCUT2D eigenvalue weighted by Gasteiger charge is 2.10. The van der Waals surface area contributed by atoms with Gasteiger partial charge in [-0.1, -0.05) is 7.43 Å². The number of hydrogen-bond acceptors (Lipinski definition) is 4. The second-order valence-corrected chi connectivity index (χ2v) is 6.12. The molecule has 0 aromatic carbocycles. The molecule has 0 N–H and O–H groups in total. The number of carbonyl (C=O) groups is 1. The third kappa shape index (κ3) is 7.19. The Bertz CT molecular complexity index is 883. The lowest BCUT2D eigenvalue weighted by Crippen LogP contribution is -2.07. The molecule has 28 heavy (non-hydrogen) atoms. The van der Waals surface area contributed by atoms with Gasteiger partial charge in [0.1, 0.15) is 28.8 Å². The van der Waals surface area contributed by atoms with E-state index in [4.69, 9.17) is 13.3 Å². The molecule has 0 fully saturated rings. The lowest BCUT2D eigenvalue weighted by atomic mass is 10.4. The molecule has 4 heterocycles. The van der Waals surface area contributed by atoms with E-state index in [2.05, 4.69) is 0 Å². The first-order valence-corrected chi connectivity index (χ1v) is 8.65. The number of aromatic nitrogens is 1. The van der Waals surface area contributed by atoms with Crippen molar-refractivity contribution in [1.29, 1.82) is 0 Å². The summed E-state index contributed by atoms with van der Waals surface area (Å²) in [6, 6.07) is 14.9. The Labute approximate surface area is 166 Å². The van der Waals surface area contributed by atoms with Crippen molar-refractivity contribution in [2.75, 3.05) is 0 Å². The Morgan fingerprint density at radius 1 is 0.643 bits per heavy atom. The first-order chi connectivity index (χ1) is 12.8. The van der Waals surface area contributed by atoms with Crippen LogP contribution in [0.3, 0.4) is 0 Å². The minimum atomic E-state index is -0.141. The van der Waals surface area contributed by atoms with Crippen molar-refractivity contribution in [3.63, 3.8) is 0 Å². The van der Waals surface area contributed by atoms with Crippen LogP contribution in [-0.2, 0) is 0 Å². The van der Waals surface area contributed by atoms with Crippen molar-refractivity contribution >= 4 is 5.91 Å². The van der Waals surface area contributed by atoms with Crippen molar-refractivity contribution in [3.8, 4) is 0 Å². The van der Waals surface area contributed by atoms with Crippen molar-refractivity contribution in [3.05, 3.63) is 95.5 Å². The van der Waals surface area contributed by atoms with Crippen molar-refractivity contribution < 1.29 is 18.0 Å². The molecule has 4 aromatic rings. The van der Waals surface area contributed by atoms with Crippen LogP contribution in [0.1, 0.15) is 46.8 Å². The van der Waals surface area contributed by atoms with Gasteiger partial charge in [-0.3, -0.25) is 9.36 Å². The summed E-state index contributed by atoms with van der Waals surface area (Å²) in [5.41, 5.74) is 0. The predicted molar refractivity (Wildman–Crippen MR) is 111 cm³/mol. The Morgan fingerprint density at radius 3 is 1.29 bits per heavy atom. The number of carbonyl (C=O) groups excluding carboxylic acids is 1. The summed E-state index contributed by atoms with van der Waals surface area (Å²) in [4.78, 5) is 11.6. The van der Waals surface area contributed by atoms with E-state index in [1.54, 1.807) is 36.7 Å². The Kier molecular flexibility index (Phi) is 8.82. The van der Waals surface area contributed by atoms with Gasteiger partial charge in [-0.25, -0.2) is 0 Å². The molecule has 5 nitrogen and oxygen atoms in total. The average Bonchev–Trinajstić information content (AvgIpc) is 3.39. The third-order valence-electron chi connectivity index (χ3n) is 3.54. The van der Waals surface area contributed by atoms with Gasteiger partial charge in [-0.15, -0.1) is 0 Å². The summed E-state index contributed by atoms with van der Waals surface area (Å²) in [6.07, 6.45) is 3.39. The van der Waals surface area contributed by atoms with Crippen LogP contribution in [-0.4, -0.2) is 10.5 Å². The summed E-state index contributed by atoms with van der Waals surface area (Å²) in [5.74, 6) is 4.91. The lowest BCUT2D eigenvalue weighted by molar-refractivity contribution is 0.0931. The smallest absolute Gasteiger partial charge is 0.297 e. The zero-order valence-electron chi connectivity index (χ0n) is 16.4. The maximum absolute atomic E-state index is 11.6. The summed E-state index contributed by atoms with van der Waals surface area (Å²) in [6.45, 7) is 9.56. The second-order valence-electron chi connectivity index (χ2n) is 6.12. The maximum atomic E-state index is 11.6. The number of hydrogen-bond donors (Lipinski definition) is 0. The number of furan rings is 3. The topological polar surface area (TPSA) is 61.4 Å². The quantitative estimate of drug-likeness (QED) is 0.376. The molecule has 0 unspecified atom stereocenters. The molecule has 0 amide bonds. The number of aryl methyl sites for hydroxylation is 5. The van der Waals surface area contributed by atoms with Crippen molar-refractivity contribution in [2.45, 2.75) is 42.0 Å². The molecule has 150 valence electrons. The Hall–Kier alpha value is -3.21. The number of nitrogens with zero attached hydrogens (tertiary/aromatic N) is 1. The minimum absolute atomic E-state index is 0. The molecule has 0 spiro atoms. The van der Waals surface area contributed by atoms with Gasteiger partial charge in [0, 0.05) is 12.4 Å². The largest absolute Gasteiger partial charge is 0.467 e. The van der Waals surface area contributed by atoms with Crippen LogP contribution >= 0.6 is 0 Å². The highest BCUT2D eigenvalue weighted by Crippen LogP contribution is 2.08. The first-order valence-electron chi connectivity index (χ1n) is 8.65. The van der Waals surface area contributed by atoms with Crippen LogP contribution in [0.15, 0.2) is 74.2 Å². The standard InChI is InChI=1S/C10H9NO2.2C6H8O.CH4/c1-8-4-5-9(13-8)10(12)11-6-2-3-7-11;2*1-5-3-4-6(2)7-5;/h2-7H,1H3;2*3-4H,1-2H3;1H4.